The van der Waals surface area contributed by atoms with Crippen molar-refractivity contribution in [3.8, 4) is 0 Å². The van der Waals surface area contributed by atoms with E-state index in [1.54, 1.807) is 0 Å². The van der Waals surface area contributed by atoms with E-state index in [-0.39, 0.29) is 11.7 Å². The zero-order chi connectivity index (χ0) is 9.97. The summed E-state index contributed by atoms with van der Waals surface area (Å²) >= 11 is 0. The quantitative estimate of drug-likeness (QED) is 0.749. The fourth-order valence-electron chi connectivity index (χ4n) is 2.44. The van der Waals surface area contributed by atoms with E-state index in [2.05, 4.69) is 0 Å². The molecule has 0 aromatic heterocycles. The highest BCUT2D eigenvalue weighted by molar-refractivity contribution is 5.83. The van der Waals surface area contributed by atoms with Gasteiger partial charge < -0.3 is 5.11 Å². The molecule has 2 nitrogen and oxygen atoms in total. The molecular formula is C12H20O2. The van der Waals surface area contributed by atoms with Crippen LogP contribution in [0.1, 0.15) is 51.4 Å². The second-order valence-corrected chi connectivity index (χ2v) is 4.96. The molecule has 2 saturated carbocycles. The Bertz CT molecular complexity index is 202. The van der Waals surface area contributed by atoms with Gasteiger partial charge in [-0.2, -0.15) is 0 Å². The maximum atomic E-state index is 11.6. The molecule has 0 saturated heterocycles. The topological polar surface area (TPSA) is 37.3 Å². The van der Waals surface area contributed by atoms with Crippen LogP contribution in [0.4, 0.5) is 0 Å². The molecule has 0 aromatic carbocycles. The van der Waals surface area contributed by atoms with Crippen LogP contribution in [-0.2, 0) is 4.79 Å². The highest BCUT2D eigenvalue weighted by Gasteiger charge is 2.31. The minimum Gasteiger partial charge on any atom is -0.385 e. The zero-order valence-corrected chi connectivity index (χ0v) is 8.74. The van der Waals surface area contributed by atoms with Crippen molar-refractivity contribution in [1.82, 2.24) is 0 Å². The highest BCUT2D eigenvalue weighted by Crippen LogP contribution is 2.34. The van der Waals surface area contributed by atoms with Gasteiger partial charge in [-0.3, -0.25) is 4.79 Å². The van der Waals surface area contributed by atoms with E-state index in [0.29, 0.717) is 12.3 Å². The molecule has 2 rings (SSSR count). The van der Waals surface area contributed by atoms with Crippen LogP contribution in [0.2, 0.25) is 0 Å². The molecule has 2 aliphatic carbocycles. The molecule has 1 N–H and O–H groups in total. The molecule has 2 fully saturated rings. The fourth-order valence-corrected chi connectivity index (χ4v) is 2.44. The lowest BCUT2D eigenvalue weighted by Crippen LogP contribution is -2.31. The third-order valence-corrected chi connectivity index (χ3v) is 3.61. The van der Waals surface area contributed by atoms with Gasteiger partial charge in [-0.25, -0.2) is 0 Å². The molecule has 0 radical (unpaired) electrons. The third-order valence-electron chi connectivity index (χ3n) is 3.61. The van der Waals surface area contributed by atoms with Gasteiger partial charge in [0.05, 0.1) is 0 Å². The van der Waals surface area contributed by atoms with E-state index < -0.39 is 6.10 Å². The standard InChI is InChI=1S/C12H20O2/c13-11(8-9-6-7-9)12(14)10-4-2-1-3-5-10/h9-10,12,14H,1-8H2. The molecule has 0 heterocycles. The summed E-state index contributed by atoms with van der Waals surface area (Å²) in [5.41, 5.74) is 0. The van der Waals surface area contributed by atoms with Gasteiger partial charge in [-0.15, -0.1) is 0 Å². The number of ketones is 1. The molecule has 2 heteroatoms. The van der Waals surface area contributed by atoms with E-state index >= 15 is 0 Å². The van der Waals surface area contributed by atoms with Crippen LogP contribution in [0.25, 0.3) is 0 Å². The van der Waals surface area contributed by atoms with Crippen molar-refractivity contribution in [3.05, 3.63) is 0 Å². The zero-order valence-electron chi connectivity index (χ0n) is 8.74. The van der Waals surface area contributed by atoms with Crippen molar-refractivity contribution >= 4 is 5.78 Å². The molecule has 2 aliphatic rings. The van der Waals surface area contributed by atoms with Gasteiger partial charge in [0, 0.05) is 6.42 Å². The van der Waals surface area contributed by atoms with Crippen molar-refractivity contribution in [1.29, 1.82) is 0 Å². The van der Waals surface area contributed by atoms with Gasteiger partial charge in [0.1, 0.15) is 6.10 Å². The van der Waals surface area contributed by atoms with E-state index in [1.807, 2.05) is 0 Å². The summed E-state index contributed by atoms with van der Waals surface area (Å²) in [6, 6.07) is 0. The van der Waals surface area contributed by atoms with Crippen LogP contribution in [0.15, 0.2) is 0 Å². The molecule has 0 bridgehead atoms. The Balaban J connectivity index is 1.78. The number of rotatable bonds is 4. The Morgan fingerprint density at radius 1 is 1.14 bits per heavy atom. The predicted octanol–water partition coefficient (Wildman–Crippen LogP) is 2.30. The second kappa shape index (κ2) is 4.43. The summed E-state index contributed by atoms with van der Waals surface area (Å²) < 4.78 is 0. The van der Waals surface area contributed by atoms with Gasteiger partial charge in [0.25, 0.3) is 0 Å². The van der Waals surface area contributed by atoms with Crippen LogP contribution in [0.5, 0.6) is 0 Å². The number of Topliss-reactive ketones (excluding diaryl/α,β-unsaturated/α-hetero) is 1. The van der Waals surface area contributed by atoms with Crippen LogP contribution >= 0.6 is 0 Å². The summed E-state index contributed by atoms with van der Waals surface area (Å²) in [5, 5.41) is 9.87. The molecule has 0 aromatic rings. The average Bonchev–Trinajstić information content (AvgIpc) is 3.02. The number of hydrogen-bond donors (Lipinski definition) is 1. The molecule has 0 spiro atoms. The van der Waals surface area contributed by atoms with Crippen molar-refractivity contribution < 1.29 is 9.90 Å². The van der Waals surface area contributed by atoms with Gasteiger partial charge in [-0.05, 0) is 37.5 Å². The summed E-state index contributed by atoms with van der Waals surface area (Å²) in [5.74, 6) is 0.996. The minimum atomic E-state index is -0.643. The number of carbonyl (C=O) groups excluding carboxylic acids is 1. The minimum absolute atomic E-state index is 0.111. The van der Waals surface area contributed by atoms with E-state index in [1.165, 1.54) is 32.1 Å². The van der Waals surface area contributed by atoms with Gasteiger partial charge >= 0.3 is 0 Å². The predicted molar refractivity (Wildman–Crippen MR) is 54.9 cm³/mol. The maximum Gasteiger partial charge on any atom is 0.161 e. The van der Waals surface area contributed by atoms with Crippen molar-refractivity contribution in [2.45, 2.75) is 57.5 Å². The Kier molecular flexibility index (Phi) is 3.22. The summed E-state index contributed by atoms with van der Waals surface area (Å²) in [4.78, 5) is 11.6. The summed E-state index contributed by atoms with van der Waals surface area (Å²) in [6.45, 7) is 0. The third kappa shape index (κ3) is 2.57. The smallest absolute Gasteiger partial charge is 0.161 e. The van der Waals surface area contributed by atoms with Crippen LogP contribution in [-0.4, -0.2) is 17.0 Å². The lowest BCUT2D eigenvalue weighted by molar-refractivity contribution is -0.130. The number of hydrogen-bond acceptors (Lipinski definition) is 2. The molecular weight excluding hydrogens is 176 g/mol. The molecule has 1 unspecified atom stereocenters. The Morgan fingerprint density at radius 3 is 2.36 bits per heavy atom. The van der Waals surface area contributed by atoms with E-state index in [0.717, 1.165) is 12.8 Å². The molecule has 1 atom stereocenters. The molecule has 0 aliphatic heterocycles. The fraction of sp³-hybridized carbons (Fsp3) is 0.917. The first-order valence-corrected chi connectivity index (χ1v) is 5.98. The Morgan fingerprint density at radius 2 is 1.79 bits per heavy atom. The summed E-state index contributed by atoms with van der Waals surface area (Å²) in [6.07, 6.45) is 8.16. The van der Waals surface area contributed by atoms with E-state index in [4.69, 9.17) is 0 Å². The maximum absolute atomic E-state index is 11.6. The second-order valence-electron chi connectivity index (χ2n) is 4.96. The highest BCUT2D eigenvalue weighted by atomic mass is 16.3. The molecule has 14 heavy (non-hydrogen) atoms. The number of aliphatic hydroxyl groups is 1. The van der Waals surface area contributed by atoms with Crippen molar-refractivity contribution in [2.75, 3.05) is 0 Å². The average molecular weight is 196 g/mol. The van der Waals surface area contributed by atoms with Crippen LogP contribution < -0.4 is 0 Å². The molecule has 80 valence electrons. The first-order chi connectivity index (χ1) is 6.77. The van der Waals surface area contributed by atoms with Gasteiger partial charge in [0.2, 0.25) is 0 Å². The first kappa shape index (κ1) is 10.2. The monoisotopic (exact) mass is 196 g/mol. The van der Waals surface area contributed by atoms with Gasteiger partial charge in [-0.1, -0.05) is 19.3 Å². The largest absolute Gasteiger partial charge is 0.385 e. The normalized spacial score (nSPS) is 26.1. The van der Waals surface area contributed by atoms with Crippen molar-refractivity contribution in [3.63, 3.8) is 0 Å². The van der Waals surface area contributed by atoms with Gasteiger partial charge in [0.15, 0.2) is 5.78 Å². The SMILES string of the molecule is O=C(CC1CC1)C(O)C1CCCCC1. The lowest BCUT2D eigenvalue weighted by atomic mass is 9.83. The molecule has 0 amide bonds. The first-order valence-electron chi connectivity index (χ1n) is 5.98. The summed E-state index contributed by atoms with van der Waals surface area (Å²) in [7, 11) is 0. The van der Waals surface area contributed by atoms with Crippen molar-refractivity contribution in [2.24, 2.45) is 11.8 Å². The number of carbonyl (C=O) groups is 1. The Hall–Kier alpha value is -0.370. The van der Waals surface area contributed by atoms with Crippen LogP contribution in [0.3, 0.4) is 0 Å². The number of aliphatic hydroxyl groups excluding tert-OH is 1. The lowest BCUT2D eigenvalue weighted by Gasteiger charge is -2.25. The Labute approximate surface area is 85.7 Å². The van der Waals surface area contributed by atoms with E-state index in [9.17, 15) is 9.90 Å². The van der Waals surface area contributed by atoms with Crippen LogP contribution in [0, 0.1) is 11.8 Å².